The van der Waals surface area contributed by atoms with E-state index in [1.807, 2.05) is 0 Å². The molecule has 0 atom stereocenters. The number of nitrogen functional groups attached to an aromatic ring is 1. The summed E-state index contributed by atoms with van der Waals surface area (Å²) >= 11 is 0. The Hall–Kier alpha value is -1.09. The molecule has 0 spiro atoms. The fourth-order valence-corrected chi connectivity index (χ4v) is 1.09. The average molecular weight is 169 g/mol. The summed E-state index contributed by atoms with van der Waals surface area (Å²) in [6, 6.07) is 3.97. The van der Waals surface area contributed by atoms with Crippen LogP contribution in [0.1, 0.15) is 19.4 Å². The minimum Gasteiger partial charge on any atom is -0.398 e. The summed E-state index contributed by atoms with van der Waals surface area (Å²) in [5, 5.41) is 9.56. The molecule has 0 aliphatic carbocycles. The summed E-state index contributed by atoms with van der Waals surface area (Å²) in [4.78, 5) is 0. The van der Waals surface area contributed by atoms with Gasteiger partial charge in [-0.15, -0.1) is 0 Å². The Labute approximate surface area is 70.8 Å². The summed E-state index contributed by atoms with van der Waals surface area (Å²) < 4.78 is 12.6. The molecule has 0 saturated heterocycles. The topological polar surface area (TPSA) is 46.2 Å². The fraction of sp³-hybridized carbons (Fsp3) is 0.333. The number of nitrogens with two attached hydrogens (primary N) is 1. The Morgan fingerprint density at radius 2 is 2.00 bits per heavy atom. The van der Waals surface area contributed by atoms with Gasteiger partial charge < -0.3 is 10.8 Å². The largest absolute Gasteiger partial charge is 0.398 e. The van der Waals surface area contributed by atoms with E-state index in [2.05, 4.69) is 0 Å². The molecule has 0 amide bonds. The first-order valence-electron chi connectivity index (χ1n) is 3.69. The molecule has 3 heteroatoms. The van der Waals surface area contributed by atoms with Crippen molar-refractivity contribution in [3.8, 4) is 0 Å². The van der Waals surface area contributed by atoms with E-state index in [0.717, 1.165) is 0 Å². The van der Waals surface area contributed by atoms with Gasteiger partial charge in [0.2, 0.25) is 0 Å². The Kier molecular flexibility index (Phi) is 2.06. The van der Waals surface area contributed by atoms with Gasteiger partial charge >= 0.3 is 0 Å². The quantitative estimate of drug-likeness (QED) is 0.628. The SMILES string of the molecule is CC(C)(O)c1ccc(F)cc1N. The van der Waals surface area contributed by atoms with Gasteiger partial charge in [-0.2, -0.15) is 0 Å². The maximum atomic E-state index is 12.6. The van der Waals surface area contributed by atoms with E-state index in [9.17, 15) is 9.50 Å². The molecular formula is C9H12FNO. The molecule has 0 aliphatic rings. The average Bonchev–Trinajstić information content (AvgIpc) is 1.83. The Morgan fingerprint density at radius 1 is 1.42 bits per heavy atom. The van der Waals surface area contributed by atoms with Gasteiger partial charge in [0, 0.05) is 11.3 Å². The van der Waals surface area contributed by atoms with Crippen LogP contribution in [0, 0.1) is 5.82 Å². The van der Waals surface area contributed by atoms with Gasteiger partial charge in [0.25, 0.3) is 0 Å². The lowest BCUT2D eigenvalue weighted by atomic mass is 9.97. The number of anilines is 1. The van der Waals surface area contributed by atoms with Crippen molar-refractivity contribution in [1.29, 1.82) is 0 Å². The van der Waals surface area contributed by atoms with Crippen molar-refractivity contribution in [3.63, 3.8) is 0 Å². The highest BCUT2D eigenvalue weighted by atomic mass is 19.1. The summed E-state index contributed by atoms with van der Waals surface area (Å²) in [6.45, 7) is 3.22. The monoisotopic (exact) mass is 169 g/mol. The molecule has 0 aliphatic heterocycles. The van der Waals surface area contributed by atoms with Crippen molar-refractivity contribution in [1.82, 2.24) is 0 Å². The Bertz CT molecular complexity index is 291. The molecule has 3 N–H and O–H groups in total. The number of hydrogen-bond donors (Lipinski definition) is 2. The molecule has 1 aromatic carbocycles. The van der Waals surface area contributed by atoms with Crippen molar-refractivity contribution in [2.24, 2.45) is 0 Å². The molecule has 2 nitrogen and oxygen atoms in total. The number of halogens is 1. The van der Waals surface area contributed by atoms with Gasteiger partial charge in [0.15, 0.2) is 0 Å². The lowest BCUT2D eigenvalue weighted by Gasteiger charge is -2.19. The van der Waals surface area contributed by atoms with Crippen LogP contribution in [0.5, 0.6) is 0 Å². The van der Waals surface area contributed by atoms with Crippen molar-refractivity contribution in [2.45, 2.75) is 19.4 Å². The maximum Gasteiger partial charge on any atom is 0.125 e. The summed E-state index contributed by atoms with van der Waals surface area (Å²) in [6.07, 6.45) is 0. The molecule has 12 heavy (non-hydrogen) atoms. The molecule has 66 valence electrons. The summed E-state index contributed by atoms with van der Waals surface area (Å²) in [7, 11) is 0. The zero-order valence-electron chi connectivity index (χ0n) is 7.13. The molecule has 0 fully saturated rings. The smallest absolute Gasteiger partial charge is 0.125 e. The van der Waals surface area contributed by atoms with E-state index in [0.29, 0.717) is 5.56 Å². The minimum atomic E-state index is -1.02. The lowest BCUT2D eigenvalue weighted by molar-refractivity contribution is 0.0793. The van der Waals surface area contributed by atoms with E-state index in [4.69, 9.17) is 5.73 Å². The molecule has 0 unspecified atom stereocenters. The van der Waals surface area contributed by atoms with Crippen molar-refractivity contribution in [2.75, 3.05) is 5.73 Å². The normalized spacial score (nSPS) is 11.7. The third-order valence-corrected chi connectivity index (χ3v) is 1.67. The van der Waals surface area contributed by atoms with Crippen LogP contribution in [0.2, 0.25) is 0 Å². The van der Waals surface area contributed by atoms with Gasteiger partial charge in [-0.1, -0.05) is 6.07 Å². The highest BCUT2D eigenvalue weighted by Gasteiger charge is 2.18. The molecule has 0 heterocycles. The number of aliphatic hydroxyl groups is 1. The van der Waals surface area contributed by atoms with Gasteiger partial charge in [-0.3, -0.25) is 0 Å². The standard InChI is InChI=1S/C9H12FNO/c1-9(2,12)7-4-3-6(10)5-8(7)11/h3-5,12H,11H2,1-2H3. The van der Waals surface area contributed by atoms with Gasteiger partial charge in [0.05, 0.1) is 5.60 Å². The minimum absolute atomic E-state index is 0.280. The highest BCUT2D eigenvalue weighted by Crippen LogP contribution is 2.25. The van der Waals surface area contributed by atoms with Gasteiger partial charge in [-0.25, -0.2) is 4.39 Å². The Balaban J connectivity index is 3.19. The predicted octanol–water partition coefficient (Wildman–Crippen LogP) is 1.64. The lowest BCUT2D eigenvalue weighted by Crippen LogP contribution is -2.17. The second-order valence-corrected chi connectivity index (χ2v) is 3.29. The molecule has 1 rings (SSSR count). The number of rotatable bonds is 1. The van der Waals surface area contributed by atoms with Crippen molar-refractivity contribution >= 4 is 5.69 Å². The van der Waals surface area contributed by atoms with Gasteiger partial charge in [0.1, 0.15) is 5.82 Å². The first-order chi connectivity index (χ1) is 5.41. The highest BCUT2D eigenvalue weighted by molar-refractivity contribution is 5.49. The second kappa shape index (κ2) is 2.75. The van der Waals surface area contributed by atoms with E-state index in [-0.39, 0.29) is 11.5 Å². The zero-order chi connectivity index (χ0) is 9.35. The van der Waals surface area contributed by atoms with Crippen LogP contribution in [-0.4, -0.2) is 5.11 Å². The molecule has 0 bridgehead atoms. The first kappa shape index (κ1) is 9.00. The van der Waals surface area contributed by atoms with Crippen LogP contribution >= 0.6 is 0 Å². The van der Waals surface area contributed by atoms with Crippen molar-refractivity contribution in [3.05, 3.63) is 29.6 Å². The summed E-state index contributed by atoms with van der Waals surface area (Å²) in [5.74, 6) is -0.388. The van der Waals surface area contributed by atoms with Crippen LogP contribution in [0.15, 0.2) is 18.2 Å². The number of hydrogen-bond acceptors (Lipinski definition) is 2. The van der Waals surface area contributed by atoms with Crippen molar-refractivity contribution < 1.29 is 9.50 Å². The maximum absolute atomic E-state index is 12.6. The summed E-state index contributed by atoms with van der Waals surface area (Å²) in [5.41, 5.74) is 5.32. The fourth-order valence-electron chi connectivity index (χ4n) is 1.09. The zero-order valence-corrected chi connectivity index (χ0v) is 7.13. The molecular weight excluding hydrogens is 157 g/mol. The number of benzene rings is 1. The Morgan fingerprint density at radius 3 is 2.42 bits per heavy atom. The molecule has 1 aromatic rings. The van der Waals surface area contributed by atoms with Crippen LogP contribution in [0.4, 0.5) is 10.1 Å². The molecule has 0 radical (unpaired) electrons. The van der Waals surface area contributed by atoms with Gasteiger partial charge in [-0.05, 0) is 26.0 Å². The first-order valence-corrected chi connectivity index (χ1v) is 3.69. The van der Waals surface area contributed by atoms with Crippen LogP contribution in [0.3, 0.4) is 0 Å². The van der Waals surface area contributed by atoms with Crippen LogP contribution in [0.25, 0.3) is 0 Å². The van der Waals surface area contributed by atoms with E-state index in [1.54, 1.807) is 13.8 Å². The second-order valence-electron chi connectivity index (χ2n) is 3.29. The van der Waals surface area contributed by atoms with Crippen LogP contribution in [-0.2, 0) is 5.60 Å². The van der Waals surface area contributed by atoms with Crippen LogP contribution < -0.4 is 5.73 Å². The third-order valence-electron chi connectivity index (χ3n) is 1.67. The predicted molar refractivity (Wildman–Crippen MR) is 46.1 cm³/mol. The van der Waals surface area contributed by atoms with E-state index >= 15 is 0 Å². The van der Waals surface area contributed by atoms with E-state index < -0.39 is 5.60 Å². The molecule has 0 aromatic heterocycles. The third kappa shape index (κ3) is 1.74. The van der Waals surface area contributed by atoms with E-state index in [1.165, 1.54) is 18.2 Å². The molecule has 0 saturated carbocycles.